The minimum absolute atomic E-state index is 0.0619. The van der Waals surface area contributed by atoms with Gasteiger partial charge >= 0.3 is 6.09 Å². The molecular formula is C26H31N5O2. The molecule has 7 nitrogen and oxygen atoms in total. The summed E-state index contributed by atoms with van der Waals surface area (Å²) >= 11 is 0. The van der Waals surface area contributed by atoms with E-state index in [-0.39, 0.29) is 23.8 Å². The Morgan fingerprint density at radius 2 is 2.00 bits per heavy atom. The molecule has 3 aliphatic rings. The molecule has 2 aliphatic heterocycles. The van der Waals surface area contributed by atoms with Crippen LogP contribution in [0.2, 0.25) is 0 Å². The van der Waals surface area contributed by atoms with Gasteiger partial charge in [0.1, 0.15) is 5.60 Å². The van der Waals surface area contributed by atoms with E-state index in [4.69, 9.17) is 9.73 Å². The van der Waals surface area contributed by atoms with Gasteiger partial charge in [-0.3, -0.25) is 5.10 Å². The summed E-state index contributed by atoms with van der Waals surface area (Å²) in [5.74, 6) is 0.532. The van der Waals surface area contributed by atoms with E-state index >= 15 is 0 Å². The second-order valence-corrected chi connectivity index (χ2v) is 10.4. The average Bonchev–Trinajstić information content (AvgIpc) is 3.46. The van der Waals surface area contributed by atoms with Gasteiger partial charge in [-0.15, -0.1) is 0 Å². The Morgan fingerprint density at radius 3 is 2.73 bits per heavy atom. The van der Waals surface area contributed by atoms with Gasteiger partial charge in [0, 0.05) is 36.2 Å². The van der Waals surface area contributed by atoms with Crippen LogP contribution in [0.3, 0.4) is 0 Å². The van der Waals surface area contributed by atoms with Crippen molar-refractivity contribution in [1.29, 1.82) is 5.26 Å². The fourth-order valence-corrected chi connectivity index (χ4v) is 5.61. The van der Waals surface area contributed by atoms with Crippen molar-refractivity contribution >= 4 is 17.6 Å². The summed E-state index contributed by atoms with van der Waals surface area (Å²) in [6, 6.07) is 9.13. The van der Waals surface area contributed by atoms with Gasteiger partial charge in [-0.25, -0.2) is 9.79 Å². The topological polar surface area (TPSA) is 94.4 Å². The van der Waals surface area contributed by atoms with Crippen molar-refractivity contribution < 1.29 is 9.53 Å². The van der Waals surface area contributed by atoms with Crippen LogP contribution in [0.4, 0.5) is 10.6 Å². The predicted molar refractivity (Wildman–Crippen MR) is 126 cm³/mol. The molecule has 0 saturated carbocycles. The Bertz CT molecular complexity index is 1130. The summed E-state index contributed by atoms with van der Waals surface area (Å²) in [4.78, 5) is 19.2. The molecule has 0 spiro atoms. The Labute approximate surface area is 194 Å². The first kappa shape index (κ1) is 21.7. The maximum absolute atomic E-state index is 12.5. The number of piperidine rings is 1. The number of rotatable bonds is 2. The van der Waals surface area contributed by atoms with Gasteiger partial charge in [-0.1, -0.05) is 18.2 Å². The lowest BCUT2D eigenvalue weighted by molar-refractivity contribution is 0.0201. The van der Waals surface area contributed by atoms with Crippen LogP contribution in [0.25, 0.3) is 0 Å². The Hall–Kier alpha value is -3.14. The molecule has 1 fully saturated rings. The third-order valence-electron chi connectivity index (χ3n) is 7.10. The zero-order valence-corrected chi connectivity index (χ0v) is 19.6. The standard InChI is InChI=1S/C26H31N5O2/c1-26(2,3)33-25(32)31-12-10-17(11-13-31)23-20(14-27)22(21-15-28-30-24(21)29-23)19-9-5-7-16-6-4-8-18(16)19/h5,7,9,15,17,20,22H,4,6,8,10-13H2,1-3H3,(H,28,30). The Morgan fingerprint density at radius 1 is 1.21 bits per heavy atom. The highest BCUT2D eigenvalue weighted by Gasteiger charge is 2.41. The number of likely N-dealkylation sites (tertiary alicyclic amines) is 1. The highest BCUT2D eigenvalue weighted by Crippen LogP contribution is 2.46. The zero-order chi connectivity index (χ0) is 23.2. The van der Waals surface area contributed by atoms with Crippen molar-refractivity contribution in [3.8, 4) is 6.07 Å². The first-order valence-corrected chi connectivity index (χ1v) is 12.0. The molecule has 1 N–H and O–H groups in total. The lowest BCUT2D eigenvalue weighted by Crippen LogP contribution is -2.44. The van der Waals surface area contributed by atoms with Gasteiger partial charge in [0.05, 0.1) is 18.2 Å². The number of aryl methyl sites for hydroxylation is 1. The van der Waals surface area contributed by atoms with Crippen molar-refractivity contribution in [2.24, 2.45) is 16.8 Å². The fraction of sp³-hybridized carbons (Fsp3) is 0.538. The quantitative estimate of drug-likeness (QED) is 0.711. The largest absolute Gasteiger partial charge is 0.444 e. The summed E-state index contributed by atoms with van der Waals surface area (Å²) in [6.45, 7) is 6.87. The van der Waals surface area contributed by atoms with E-state index in [1.54, 1.807) is 4.90 Å². The second kappa shape index (κ2) is 8.33. The number of nitriles is 1. The Balaban J connectivity index is 1.42. The molecule has 2 aromatic rings. The number of benzene rings is 1. The van der Waals surface area contributed by atoms with Gasteiger partial charge in [0.15, 0.2) is 5.82 Å². The molecule has 33 heavy (non-hydrogen) atoms. The van der Waals surface area contributed by atoms with Crippen molar-refractivity contribution in [2.75, 3.05) is 13.1 Å². The third kappa shape index (κ3) is 4.03. The van der Waals surface area contributed by atoms with Crippen LogP contribution in [0.15, 0.2) is 29.4 Å². The monoisotopic (exact) mass is 445 g/mol. The number of nitrogens with one attached hydrogen (secondary N) is 1. The molecule has 0 radical (unpaired) electrons. The minimum Gasteiger partial charge on any atom is -0.444 e. The lowest BCUT2D eigenvalue weighted by atomic mass is 9.72. The molecule has 1 saturated heterocycles. The maximum Gasteiger partial charge on any atom is 0.410 e. The van der Waals surface area contributed by atoms with Crippen LogP contribution in [0.5, 0.6) is 0 Å². The first-order valence-electron chi connectivity index (χ1n) is 12.0. The fourth-order valence-electron chi connectivity index (χ4n) is 5.61. The van der Waals surface area contributed by atoms with E-state index in [9.17, 15) is 10.1 Å². The van der Waals surface area contributed by atoms with E-state index < -0.39 is 5.60 Å². The average molecular weight is 446 g/mol. The summed E-state index contributed by atoms with van der Waals surface area (Å²) in [7, 11) is 0. The van der Waals surface area contributed by atoms with Crippen LogP contribution in [-0.2, 0) is 17.6 Å². The summed E-state index contributed by atoms with van der Waals surface area (Å²) in [6.07, 6.45) is 6.46. The van der Waals surface area contributed by atoms with E-state index in [0.29, 0.717) is 13.1 Å². The number of ether oxygens (including phenoxy) is 1. The number of nitrogens with zero attached hydrogens (tertiary/aromatic N) is 4. The molecule has 7 heteroatoms. The van der Waals surface area contributed by atoms with Crippen molar-refractivity contribution in [3.63, 3.8) is 0 Å². The molecule has 0 bridgehead atoms. The maximum atomic E-state index is 12.5. The normalized spacial score (nSPS) is 22.8. The number of carbonyl (C=O) groups excluding carboxylic acids is 1. The molecule has 1 amide bonds. The highest BCUT2D eigenvalue weighted by atomic mass is 16.6. The van der Waals surface area contributed by atoms with Gasteiger partial charge in [0.25, 0.3) is 0 Å². The number of hydrogen-bond donors (Lipinski definition) is 1. The number of fused-ring (bicyclic) bond motifs is 2. The first-order chi connectivity index (χ1) is 15.9. The van der Waals surface area contributed by atoms with E-state index in [2.05, 4.69) is 34.5 Å². The van der Waals surface area contributed by atoms with Gasteiger partial charge < -0.3 is 9.64 Å². The summed E-state index contributed by atoms with van der Waals surface area (Å²) in [5.41, 5.74) is 5.49. The van der Waals surface area contributed by atoms with Crippen molar-refractivity contribution in [3.05, 3.63) is 46.6 Å². The third-order valence-corrected chi connectivity index (χ3v) is 7.10. The molecule has 172 valence electrons. The number of carbonyl (C=O) groups is 1. The smallest absolute Gasteiger partial charge is 0.410 e. The Kier molecular flexibility index (Phi) is 5.48. The van der Waals surface area contributed by atoms with Gasteiger partial charge in [-0.05, 0) is 69.6 Å². The van der Waals surface area contributed by atoms with Crippen LogP contribution in [-0.4, -0.2) is 45.6 Å². The zero-order valence-electron chi connectivity index (χ0n) is 19.6. The van der Waals surface area contributed by atoms with E-state index in [1.165, 1.54) is 23.1 Å². The van der Waals surface area contributed by atoms with Gasteiger partial charge in [-0.2, -0.15) is 10.4 Å². The van der Waals surface area contributed by atoms with E-state index in [0.717, 1.165) is 42.8 Å². The molecule has 3 heterocycles. The number of aromatic amines is 1. The molecule has 1 aliphatic carbocycles. The molecular weight excluding hydrogens is 414 g/mol. The molecule has 5 rings (SSSR count). The number of amides is 1. The molecule has 1 aromatic heterocycles. The SMILES string of the molecule is CC(C)(C)OC(=O)N1CCC(C2=Nc3[nH]ncc3C(c3cccc4c3CCC4)C2C#N)CC1. The van der Waals surface area contributed by atoms with Crippen LogP contribution >= 0.6 is 0 Å². The van der Waals surface area contributed by atoms with E-state index in [1.807, 2.05) is 27.0 Å². The van der Waals surface area contributed by atoms with Crippen LogP contribution in [0.1, 0.15) is 68.2 Å². The second-order valence-electron chi connectivity index (χ2n) is 10.4. The minimum atomic E-state index is -0.506. The number of aliphatic imine (C=N–C) groups is 1. The number of aromatic nitrogens is 2. The van der Waals surface area contributed by atoms with Crippen LogP contribution < -0.4 is 0 Å². The molecule has 1 aromatic carbocycles. The number of hydrogen-bond acceptors (Lipinski definition) is 5. The molecule has 2 atom stereocenters. The summed E-state index contributed by atoms with van der Waals surface area (Å²) < 4.78 is 5.54. The van der Waals surface area contributed by atoms with Crippen LogP contribution in [0, 0.1) is 23.2 Å². The van der Waals surface area contributed by atoms with Gasteiger partial charge in [0.2, 0.25) is 0 Å². The number of H-pyrrole nitrogens is 1. The highest BCUT2D eigenvalue weighted by molar-refractivity contribution is 5.96. The molecule has 2 unspecified atom stereocenters. The predicted octanol–water partition coefficient (Wildman–Crippen LogP) is 4.90. The lowest BCUT2D eigenvalue weighted by Gasteiger charge is -2.37. The van der Waals surface area contributed by atoms with Crippen molar-refractivity contribution in [1.82, 2.24) is 15.1 Å². The summed E-state index contributed by atoms with van der Waals surface area (Å²) in [5, 5.41) is 17.7. The van der Waals surface area contributed by atoms with Crippen molar-refractivity contribution in [2.45, 2.75) is 64.4 Å².